The molecule has 0 atom stereocenters. The second-order valence-electron chi connectivity index (χ2n) is 14.7. The number of rotatable bonds is 6. The van der Waals surface area contributed by atoms with Crippen molar-refractivity contribution in [2.45, 2.75) is 95.3 Å². The first-order valence-corrected chi connectivity index (χ1v) is 17.9. The van der Waals surface area contributed by atoms with Crippen molar-refractivity contribution in [1.82, 2.24) is 0 Å². The first-order valence-electron chi connectivity index (χ1n) is 17.9. The molecule has 1 nitrogen and oxygen atoms in total. The SMILES string of the molecule is CC1(C)c2ccccc2-c2ccc(N(c3ccccc3)c3ccc(-c4cc(C5CCCCC5)cc(C5CCCCC5)c4)cc3)cc21. The quantitative estimate of drug-likeness (QED) is 0.187. The van der Waals surface area contributed by atoms with Crippen LogP contribution in [0.3, 0.4) is 0 Å². The smallest absolute Gasteiger partial charge is 0.0465 e. The molecule has 0 N–H and O–H groups in total. The monoisotopic (exact) mass is 601 g/mol. The molecule has 5 aromatic rings. The van der Waals surface area contributed by atoms with Gasteiger partial charge in [0.2, 0.25) is 0 Å². The molecule has 0 saturated heterocycles. The zero-order chi connectivity index (χ0) is 31.1. The number of anilines is 3. The average Bonchev–Trinajstić information content (AvgIpc) is 3.35. The molecule has 5 aromatic carbocycles. The van der Waals surface area contributed by atoms with E-state index in [1.807, 2.05) is 0 Å². The predicted molar refractivity (Wildman–Crippen MR) is 196 cm³/mol. The van der Waals surface area contributed by atoms with Crippen LogP contribution in [0.5, 0.6) is 0 Å². The van der Waals surface area contributed by atoms with E-state index in [0.717, 1.165) is 11.8 Å². The molecule has 0 amide bonds. The Labute approximate surface area is 276 Å². The minimum Gasteiger partial charge on any atom is -0.310 e. The van der Waals surface area contributed by atoms with E-state index in [4.69, 9.17) is 0 Å². The number of fused-ring (bicyclic) bond motifs is 3. The van der Waals surface area contributed by atoms with E-state index in [1.165, 1.54) is 115 Å². The molecular formula is C45H47N. The maximum atomic E-state index is 2.61. The molecule has 8 rings (SSSR count). The van der Waals surface area contributed by atoms with Crippen LogP contribution in [-0.2, 0) is 5.41 Å². The lowest BCUT2D eigenvalue weighted by Gasteiger charge is -2.28. The Morgan fingerprint density at radius 1 is 0.457 bits per heavy atom. The molecule has 0 aliphatic heterocycles. The van der Waals surface area contributed by atoms with Crippen LogP contribution in [0.1, 0.15) is 112 Å². The van der Waals surface area contributed by atoms with Crippen LogP contribution in [0, 0.1) is 0 Å². The van der Waals surface area contributed by atoms with Gasteiger partial charge in [0.05, 0.1) is 0 Å². The lowest BCUT2D eigenvalue weighted by Crippen LogP contribution is -2.16. The third-order valence-corrected chi connectivity index (χ3v) is 11.4. The molecule has 0 spiro atoms. The van der Waals surface area contributed by atoms with Gasteiger partial charge in [0, 0.05) is 22.5 Å². The summed E-state index contributed by atoms with van der Waals surface area (Å²) >= 11 is 0. The molecule has 1 heteroatoms. The molecule has 0 radical (unpaired) electrons. The van der Waals surface area contributed by atoms with Gasteiger partial charge in [-0.2, -0.15) is 0 Å². The third-order valence-electron chi connectivity index (χ3n) is 11.4. The summed E-state index contributed by atoms with van der Waals surface area (Å²) < 4.78 is 0. The molecule has 3 aliphatic rings. The van der Waals surface area contributed by atoms with E-state index >= 15 is 0 Å². The van der Waals surface area contributed by atoms with Crippen molar-refractivity contribution < 1.29 is 0 Å². The topological polar surface area (TPSA) is 3.24 Å². The molecule has 46 heavy (non-hydrogen) atoms. The number of hydrogen-bond acceptors (Lipinski definition) is 1. The lowest BCUT2D eigenvalue weighted by atomic mass is 9.78. The molecule has 232 valence electrons. The molecule has 2 fully saturated rings. The molecular weight excluding hydrogens is 555 g/mol. The van der Waals surface area contributed by atoms with Crippen molar-refractivity contribution in [1.29, 1.82) is 0 Å². The van der Waals surface area contributed by atoms with E-state index < -0.39 is 0 Å². The summed E-state index contributed by atoms with van der Waals surface area (Å²) in [7, 11) is 0. The van der Waals surface area contributed by atoms with Crippen LogP contribution in [0.15, 0.2) is 115 Å². The van der Waals surface area contributed by atoms with Crippen molar-refractivity contribution in [2.24, 2.45) is 0 Å². The van der Waals surface area contributed by atoms with Crippen molar-refractivity contribution >= 4 is 17.1 Å². The van der Waals surface area contributed by atoms with Crippen LogP contribution in [0.4, 0.5) is 17.1 Å². The van der Waals surface area contributed by atoms with Crippen LogP contribution < -0.4 is 4.90 Å². The largest absolute Gasteiger partial charge is 0.310 e. The van der Waals surface area contributed by atoms with Crippen LogP contribution in [0.2, 0.25) is 0 Å². The van der Waals surface area contributed by atoms with Crippen LogP contribution in [-0.4, -0.2) is 0 Å². The number of hydrogen-bond donors (Lipinski definition) is 0. The number of benzene rings is 5. The van der Waals surface area contributed by atoms with E-state index in [-0.39, 0.29) is 5.41 Å². The Morgan fingerprint density at radius 2 is 1.00 bits per heavy atom. The molecule has 0 unspecified atom stereocenters. The minimum atomic E-state index is -0.0342. The van der Waals surface area contributed by atoms with E-state index in [9.17, 15) is 0 Å². The van der Waals surface area contributed by atoms with Gasteiger partial charge in [-0.3, -0.25) is 0 Å². The summed E-state index contributed by atoms with van der Waals surface area (Å²) in [5.74, 6) is 1.44. The van der Waals surface area contributed by atoms with E-state index in [1.54, 1.807) is 11.1 Å². The maximum Gasteiger partial charge on any atom is 0.0465 e. The first kappa shape index (κ1) is 29.3. The highest BCUT2D eigenvalue weighted by Gasteiger charge is 2.35. The van der Waals surface area contributed by atoms with Gasteiger partial charge in [0.15, 0.2) is 0 Å². The third kappa shape index (κ3) is 5.38. The molecule has 0 aromatic heterocycles. The fourth-order valence-electron chi connectivity index (χ4n) is 8.85. The van der Waals surface area contributed by atoms with Crippen molar-refractivity contribution in [3.8, 4) is 22.3 Å². The Bertz CT molecular complexity index is 1780. The zero-order valence-electron chi connectivity index (χ0n) is 27.6. The summed E-state index contributed by atoms with van der Waals surface area (Å²) in [4.78, 5) is 2.43. The Balaban J connectivity index is 1.18. The second-order valence-corrected chi connectivity index (χ2v) is 14.7. The van der Waals surface area contributed by atoms with E-state index in [2.05, 4.69) is 134 Å². The average molecular weight is 602 g/mol. The Kier molecular flexibility index (Phi) is 7.81. The van der Waals surface area contributed by atoms with Crippen molar-refractivity contribution in [3.05, 3.63) is 138 Å². The molecule has 3 aliphatic carbocycles. The highest BCUT2D eigenvalue weighted by atomic mass is 15.1. The fraction of sp³-hybridized carbons (Fsp3) is 0.333. The van der Waals surface area contributed by atoms with Crippen molar-refractivity contribution in [3.63, 3.8) is 0 Å². The molecule has 0 bridgehead atoms. The van der Waals surface area contributed by atoms with Gasteiger partial charge in [0.25, 0.3) is 0 Å². The zero-order valence-corrected chi connectivity index (χ0v) is 27.6. The van der Waals surface area contributed by atoms with Crippen LogP contribution >= 0.6 is 0 Å². The molecule has 0 heterocycles. The van der Waals surface area contributed by atoms with Gasteiger partial charge in [-0.05, 0) is 118 Å². The van der Waals surface area contributed by atoms with Gasteiger partial charge in [0.1, 0.15) is 0 Å². The second kappa shape index (κ2) is 12.3. The lowest BCUT2D eigenvalue weighted by molar-refractivity contribution is 0.435. The van der Waals surface area contributed by atoms with Gasteiger partial charge in [-0.15, -0.1) is 0 Å². The van der Waals surface area contributed by atoms with Crippen molar-refractivity contribution in [2.75, 3.05) is 4.90 Å². The van der Waals surface area contributed by atoms with Gasteiger partial charge in [-0.1, -0.05) is 131 Å². The number of para-hydroxylation sites is 1. The Morgan fingerprint density at radius 3 is 1.65 bits per heavy atom. The summed E-state index contributed by atoms with van der Waals surface area (Å²) in [5.41, 5.74) is 15.0. The fourth-order valence-corrected chi connectivity index (χ4v) is 8.85. The molecule has 2 saturated carbocycles. The van der Waals surface area contributed by atoms with Gasteiger partial charge >= 0.3 is 0 Å². The van der Waals surface area contributed by atoms with Gasteiger partial charge < -0.3 is 4.90 Å². The highest BCUT2D eigenvalue weighted by molar-refractivity contribution is 5.86. The van der Waals surface area contributed by atoms with Gasteiger partial charge in [-0.25, -0.2) is 0 Å². The maximum absolute atomic E-state index is 2.61. The van der Waals surface area contributed by atoms with Crippen LogP contribution in [0.25, 0.3) is 22.3 Å². The predicted octanol–water partition coefficient (Wildman–Crippen LogP) is 13.2. The van der Waals surface area contributed by atoms with E-state index in [0.29, 0.717) is 0 Å². The standard InChI is InChI=1S/C45H47N/c1-45(2)43-21-13-12-20-41(43)42-27-26-40(31-44(42)45)46(38-18-10-5-11-19-38)39-24-22-34(23-25-39)37-29-35(32-14-6-3-7-15-32)28-36(30-37)33-16-8-4-9-17-33/h5,10-13,18-33H,3-4,6-9,14-17H2,1-2H3. The summed E-state index contributed by atoms with van der Waals surface area (Å²) in [6.45, 7) is 4.73. The highest BCUT2D eigenvalue weighted by Crippen LogP contribution is 2.50. The summed E-state index contributed by atoms with van der Waals surface area (Å²) in [5, 5.41) is 0. The summed E-state index contributed by atoms with van der Waals surface area (Å²) in [6.07, 6.45) is 13.7. The Hall–Kier alpha value is -4.10. The number of nitrogens with zero attached hydrogens (tertiary/aromatic N) is 1. The summed E-state index contributed by atoms with van der Waals surface area (Å²) in [6, 6.07) is 43.9. The minimum absolute atomic E-state index is 0.0342. The first-order chi connectivity index (χ1) is 22.6. The normalized spacial score (nSPS) is 17.8.